The van der Waals surface area contributed by atoms with Gasteiger partial charge in [-0.15, -0.1) is 0 Å². The van der Waals surface area contributed by atoms with Gasteiger partial charge in [0.25, 0.3) is 0 Å². The van der Waals surface area contributed by atoms with Gasteiger partial charge in [-0.2, -0.15) is 5.10 Å². The predicted molar refractivity (Wildman–Crippen MR) is 106 cm³/mol. The molecular formula is C21H33N3O. The van der Waals surface area contributed by atoms with Gasteiger partial charge in [0, 0.05) is 32.0 Å². The van der Waals surface area contributed by atoms with Crippen LogP contribution in [0, 0.1) is 11.8 Å². The van der Waals surface area contributed by atoms with Crippen LogP contribution in [0.3, 0.4) is 0 Å². The molecule has 0 spiro atoms. The van der Waals surface area contributed by atoms with Crippen LogP contribution in [0.15, 0.2) is 12.7 Å². The fourth-order valence-corrected chi connectivity index (χ4v) is 3.74. The summed E-state index contributed by atoms with van der Waals surface area (Å²) in [7, 11) is 0. The third-order valence-corrected chi connectivity index (χ3v) is 5.56. The maximum Gasteiger partial charge on any atom is 0.0895 e. The summed E-state index contributed by atoms with van der Waals surface area (Å²) < 4.78 is 7.64. The SMILES string of the molecule is C=Cc1c(N(CC2CCOCC2)CC2CC2)c(CC)nn1/C(C)=C\C. The first-order valence-corrected chi connectivity index (χ1v) is 9.88. The zero-order chi connectivity index (χ0) is 17.8. The van der Waals surface area contributed by atoms with E-state index in [2.05, 4.69) is 43.0 Å². The molecule has 0 bridgehead atoms. The maximum absolute atomic E-state index is 5.56. The highest BCUT2D eigenvalue weighted by Gasteiger charge is 2.30. The van der Waals surface area contributed by atoms with Crippen molar-refractivity contribution in [3.63, 3.8) is 0 Å². The van der Waals surface area contributed by atoms with Gasteiger partial charge in [-0.3, -0.25) is 0 Å². The molecule has 1 aromatic rings. The number of hydrogen-bond donors (Lipinski definition) is 0. The molecule has 1 saturated heterocycles. The van der Waals surface area contributed by atoms with Crippen molar-refractivity contribution in [2.75, 3.05) is 31.2 Å². The van der Waals surface area contributed by atoms with E-state index in [9.17, 15) is 0 Å². The van der Waals surface area contributed by atoms with Crippen molar-refractivity contribution in [2.45, 2.75) is 52.9 Å². The average molecular weight is 344 g/mol. The highest BCUT2D eigenvalue weighted by atomic mass is 16.5. The van der Waals surface area contributed by atoms with Crippen molar-refractivity contribution in [1.82, 2.24) is 9.78 Å². The van der Waals surface area contributed by atoms with Gasteiger partial charge in [0.2, 0.25) is 0 Å². The Bertz CT molecular complexity index is 621. The van der Waals surface area contributed by atoms with E-state index in [-0.39, 0.29) is 0 Å². The topological polar surface area (TPSA) is 30.3 Å². The van der Waals surface area contributed by atoms with E-state index in [0.29, 0.717) is 0 Å². The van der Waals surface area contributed by atoms with Crippen LogP contribution in [0.1, 0.15) is 57.8 Å². The minimum atomic E-state index is 0.723. The molecule has 1 saturated carbocycles. The Morgan fingerprint density at radius 2 is 1.88 bits per heavy atom. The molecule has 25 heavy (non-hydrogen) atoms. The van der Waals surface area contributed by atoms with Gasteiger partial charge in [-0.25, -0.2) is 4.68 Å². The second-order valence-electron chi connectivity index (χ2n) is 7.48. The molecule has 0 amide bonds. The molecule has 0 radical (unpaired) electrons. The minimum Gasteiger partial charge on any atom is -0.381 e. The smallest absolute Gasteiger partial charge is 0.0895 e. The summed E-state index contributed by atoms with van der Waals surface area (Å²) in [5, 5.41) is 4.92. The number of rotatable bonds is 8. The van der Waals surface area contributed by atoms with E-state index in [0.717, 1.165) is 56.0 Å². The standard InChI is InChI=1S/C21H33N3O/c1-5-16(4)24-20(7-3)21(19(6-2)22-24)23(14-17-8-9-17)15-18-10-12-25-13-11-18/h5,7,17-18H,3,6,8-15H2,1-2,4H3/b16-5-. The number of anilines is 1. The fourth-order valence-electron chi connectivity index (χ4n) is 3.74. The number of aromatic nitrogens is 2. The monoisotopic (exact) mass is 343 g/mol. The Labute approximate surface area is 152 Å². The molecule has 3 rings (SSSR count). The molecule has 1 aliphatic heterocycles. The van der Waals surface area contributed by atoms with Crippen LogP contribution >= 0.6 is 0 Å². The molecule has 4 nitrogen and oxygen atoms in total. The van der Waals surface area contributed by atoms with Crippen molar-refractivity contribution in [2.24, 2.45) is 11.8 Å². The van der Waals surface area contributed by atoms with Crippen LogP contribution < -0.4 is 4.90 Å². The minimum absolute atomic E-state index is 0.723. The molecule has 2 heterocycles. The van der Waals surface area contributed by atoms with Crippen molar-refractivity contribution in [3.8, 4) is 0 Å². The molecular weight excluding hydrogens is 310 g/mol. The Morgan fingerprint density at radius 3 is 2.40 bits per heavy atom. The van der Waals surface area contributed by atoms with Gasteiger partial charge >= 0.3 is 0 Å². The second kappa shape index (κ2) is 8.22. The second-order valence-corrected chi connectivity index (χ2v) is 7.48. The third-order valence-electron chi connectivity index (χ3n) is 5.56. The summed E-state index contributed by atoms with van der Waals surface area (Å²) in [5.41, 5.74) is 4.83. The van der Waals surface area contributed by atoms with Gasteiger partial charge in [0.05, 0.1) is 17.1 Å². The normalized spacial score (nSPS) is 19.2. The van der Waals surface area contributed by atoms with E-state index in [1.807, 2.05) is 6.08 Å². The highest BCUT2D eigenvalue weighted by molar-refractivity contribution is 5.70. The maximum atomic E-state index is 5.56. The Balaban J connectivity index is 1.95. The van der Waals surface area contributed by atoms with Crippen LogP contribution in [0.4, 0.5) is 5.69 Å². The Hall–Kier alpha value is -1.55. The first-order valence-electron chi connectivity index (χ1n) is 9.88. The lowest BCUT2D eigenvalue weighted by Crippen LogP contribution is -2.34. The molecule has 138 valence electrons. The summed E-state index contributed by atoms with van der Waals surface area (Å²) in [5.74, 6) is 1.58. The molecule has 2 fully saturated rings. The van der Waals surface area contributed by atoms with Crippen molar-refractivity contribution >= 4 is 17.5 Å². The molecule has 4 heteroatoms. The van der Waals surface area contributed by atoms with Crippen LogP contribution in [0.2, 0.25) is 0 Å². The largest absolute Gasteiger partial charge is 0.381 e. The molecule has 0 atom stereocenters. The van der Waals surface area contributed by atoms with E-state index in [1.165, 1.54) is 37.1 Å². The zero-order valence-electron chi connectivity index (χ0n) is 16.1. The van der Waals surface area contributed by atoms with E-state index >= 15 is 0 Å². The van der Waals surface area contributed by atoms with Gasteiger partial charge in [-0.05, 0) is 63.9 Å². The van der Waals surface area contributed by atoms with Crippen LogP contribution in [-0.2, 0) is 11.2 Å². The summed E-state index contributed by atoms with van der Waals surface area (Å²) >= 11 is 0. The number of hydrogen-bond acceptors (Lipinski definition) is 3. The summed E-state index contributed by atoms with van der Waals surface area (Å²) in [6.45, 7) is 14.6. The number of allylic oxidation sites excluding steroid dienone is 2. The molecule has 2 aliphatic rings. The quantitative estimate of drug-likeness (QED) is 0.690. The van der Waals surface area contributed by atoms with Gasteiger partial charge < -0.3 is 9.64 Å². The van der Waals surface area contributed by atoms with Crippen LogP contribution in [0.25, 0.3) is 11.8 Å². The van der Waals surface area contributed by atoms with Crippen LogP contribution in [0.5, 0.6) is 0 Å². The number of aryl methyl sites for hydroxylation is 1. The van der Waals surface area contributed by atoms with Crippen molar-refractivity contribution in [3.05, 3.63) is 24.0 Å². The van der Waals surface area contributed by atoms with E-state index < -0.39 is 0 Å². The van der Waals surface area contributed by atoms with Crippen molar-refractivity contribution in [1.29, 1.82) is 0 Å². The number of ether oxygens (including phenoxy) is 1. The lowest BCUT2D eigenvalue weighted by molar-refractivity contribution is 0.0681. The Morgan fingerprint density at radius 1 is 1.24 bits per heavy atom. The highest BCUT2D eigenvalue weighted by Crippen LogP contribution is 2.36. The lowest BCUT2D eigenvalue weighted by Gasteiger charge is -2.32. The molecule has 0 aromatic carbocycles. The summed E-state index contributed by atoms with van der Waals surface area (Å²) in [6, 6.07) is 0. The molecule has 0 N–H and O–H groups in total. The van der Waals surface area contributed by atoms with Gasteiger partial charge in [0.1, 0.15) is 0 Å². The number of nitrogens with zero attached hydrogens (tertiary/aromatic N) is 3. The average Bonchev–Trinajstić information content (AvgIpc) is 3.38. The first-order chi connectivity index (χ1) is 12.2. The van der Waals surface area contributed by atoms with Crippen molar-refractivity contribution < 1.29 is 4.74 Å². The van der Waals surface area contributed by atoms with E-state index in [1.54, 1.807) is 0 Å². The zero-order valence-corrected chi connectivity index (χ0v) is 16.1. The third kappa shape index (κ3) is 4.17. The predicted octanol–water partition coefficient (Wildman–Crippen LogP) is 4.61. The first kappa shape index (κ1) is 18.2. The summed E-state index contributed by atoms with van der Waals surface area (Å²) in [6.07, 6.45) is 10.1. The van der Waals surface area contributed by atoms with Gasteiger partial charge in [0.15, 0.2) is 0 Å². The Kier molecular flexibility index (Phi) is 6.00. The van der Waals surface area contributed by atoms with Crippen LogP contribution in [-0.4, -0.2) is 36.1 Å². The molecule has 0 unspecified atom stereocenters. The van der Waals surface area contributed by atoms with Gasteiger partial charge in [-0.1, -0.05) is 19.6 Å². The van der Waals surface area contributed by atoms with E-state index in [4.69, 9.17) is 9.84 Å². The lowest BCUT2D eigenvalue weighted by atomic mass is 9.99. The summed E-state index contributed by atoms with van der Waals surface area (Å²) in [4.78, 5) is 2.62. The fraction of sp³-hybridized carbons (Fsp3) is 0.667. The molecule has 1 aromatic heterocycles. The molecule has 1 aliphatic carbocycles.